The van der Waals surface area contributed by atoms with Gasteiger partial charge in [0, 0.05) is 24.6 Å². The lowest BCUT2D eigenvalue weighted by molar-refractivity contribution is -0.325. The molecule has 2 atom stereocenters. The molecule has 1 amide bonds. The second-order valence-electron chi connectivity index (χ2n) is 9.50. The zero-order valence-corrected chi connectivity index (χ0v) is 21.0. The highest BCUT2D eigenvalue weighted by molar-refractivity contribution is 5.94. The number of pyridine rings is 1. The molecule has 2 aromatic rings. The van der Waals surface area contributed by atoms with Crippen LogP contribution in [0.25, 0.3) is 0 Å². The Labute approximate surface area is 213 Å². The zero-order valence-electron chi connectivity index (χ0n) is 21.0. The molecule has 1 aromatic carbocycles. The van der Waals surface area contributed by atoms with Gasteiger partial charge in [-0.3, -0.25) is 9.53 Å². The van der Waals surface area contributed by atoms with Crippen LogP contribution in [0.2, 0.25) is 0 Å². The first kappa shape index (κ1) is 27.2. The Morgan fingerprint density at radius 2 is 2.03 bits per heavy atom. The number of rotatable bonds is 9. The molecule has 11 heteroatoms. The summed E-state index contributed by atoms with van der Waals surface area (Å²) in [5.74, 6) is 1.10. The van der Waals surface area contributed by atoms with E-state index in [0.717, 1.165) is 5.69 Å². The first-order chi connectivity index (χ1) is 17.6. The SMILES string of the molecule is Cc1cc(C(=O)N2CCC3(c4cccc(OCC(C)C)n4)OCOC3C2)ccc1OCCOC(F)(F)F. The largest absolute Gasteiger partial charge is 0.522 e. The maximum atomic E-state index is 13.3. The van der Waals surface area contributed by atoms with Crippen LogP contribution in [0.4, 0.5) is 13.2 Å². The molecule has 1 aromatic heterocycles. The third kappa shape index (κ3) is 6.52. The van der Waals surface area contributed by atoms with Crippen molar-refractivity contribution in [3.05, 3.63) is 53.2 Å². The van der Waals surface area contributed by atoms with Gasteiger partial charge in [-0.05, 0) is 42.7 Å². The van der Waals surface area contributed by atoms with E-state index >= 15 is 0 Å². The van der Waals surface area contributed by atoms with E-state index in [0.29, 0.717) is 54.8 Å². The molecular weight excluding hydrogens is 493 g/mol. The minimum Gasteiger partial charge on any atom is -0.491 e. The van der Waals surface area contributed by atoms with Crippen molar-refractivity contribution in [2.45, 2.75) is 45.3 Å². The summed E-state index contributed by atoms with van der Waals surface area (Å²) in [6, 6.07) is 10.4. The topological polar surface area (TPSA) is 79.4 Å². The molecule has 3 heterocycles. The van der Waals surface area contributed by atoms with E-state index in [-0.39, 0.29) is 19.3 Å². The molecule has 2 fully saturated rings. The quantitative estimate of drug-likeness (QED) is 0.449. The lowest BCUT2D eigenvalue weighted by atomic mass is 9.85. The van der Waals surface area contributed by atoms with Gasteiger partial charge in [-0.2, -0.15) is 0 Å². The van der Waals surface area contributed by atoms with Gasteiger partial charge in [0.2, 0.25) is 5.88 Å². The maximum Gasteiger partial charge on any atom is 0.522 e. The van der Waals surface area contributed by atoms with Crippen LogP contribution in [-0.2, 0) is 19.8 Å². The Balaban J connectivity index is 1.40. The van der Waals surface area contributed by atoms with E-state index in [4.69, 9.17) is 18.9 Å². The van der Waals surface area contributed by atoms with E-state index in [1.165, 1.54) is 0 Å². The smallest absolute Gasteiger partial charge is 0.491 e. The molecule has 2 saturated heterocycles. The molecule has 202 valence electrons. The van der Waals surface area contributed by atoms with E-state index in [1.807, 2.05) is 18.2 Å². The highest BCUT2D eigenvalue weighted by Gasteiger charge is 2.52. The predicted octanol–water partition coefficient (Wildman–Crippen LogP) is 4.45. The number of halogens is 3. The monoisotopic (exact) mass is 524 g/mol. The van der Waals surface area contributed by atoms with Crippen LogP contribution in [-0.4, -0.2) is 68.0 Å². The number of aryl methyl sites for hydroxylation is 1. The van der Waals surface area contributed by atoms with Crippen molar-refractivity contribution < 1.29 is 41.7 Å². The Morgan fingerprint density at radius 1 is 1.22 bits per heavy atom. The van der Waals surface area contributed by atoms with Crippen LogP contribution in [0.3, 0.4) is 0 Å². The number of aromatic nitrogens is 1. The van der Waals surface area contributed by atoms with Gasteiger partial charge in [0.1, 0.15) is 30.9 Å². The predicted molar refractivity (Wildman–Crippen MR) is 126 cm³/mol. The number of fused-ring (bicyclic) bond motifs is 1. The minimum atomic E-state index is -4.70. The summed E-state index contributed by atoms with van der Waals surface area (Å²) < 4.78 is 63.2. The van der Waals surface area contributed by atoms with Crippen molar-refractivity contribution in [3.63, 3.8) is 0 Å². The van der Waals surface area contributed by atoms with Crippen LogP contribution >= 0.6 is 0 Å². The first-order valence-corrected chi connectivity index (χ1v) is 12.2. The Bertz CT molecular complexity index is 1100. The molecule has 2 aliphatic heterocycles. The summed E-state index contributed by atoms with van der Waals surface area (Å²) in [5.41, 5.74) is 1.03. The normalized spacial score (nSPS) is 21.7. The first-order valence-electron chi connectivity index (χ1n) is 12.2. The van der Waals surface area contributed by atoms with E-state index in [9.17, 15) is 18.0 Å². The second kappa shape index (κ2) is 11.2. The molecule has 0 aliphatic carbocycles. The molecule has 0 saturated carbocycles. The summed E-state index contributed by atoms with van der Waals surface area (Å²) >= 11 is 0. The van der Waals surface area contributed by atoms with Gasteiger partial charge in [-0.15, -0.1) is 13.2 Å². The molecule has 0 radical (unpaired) electrons. The highest BCUT2D eigenvalue weighted by atomic mass is 19.4. The van der Waals surface area contributed by atoms with Crippen molar-refractivity contribution in [1.82, 2.24) is 9.88 Å². The molecule has 0 bridgehead atoms. The fourth-order valence-electron chi connectivity index (χ4n) is 4.45. The van der Waals surface area contributed by atoms with Gasteiger partial charge in [-0.25, -0.2) is 4.98 Å². The fraction of sp³-hybridized carbons (Fsp3) is 0.538. The van der Waals surface area contributed by atoms with Gasteiger partial charge in [0.15, 0.2) is 0 Å². The average Bonchev–Trinajstić information content (AvgIpc) is 3.30. The van der Waals surface area contributed by atoms with Gasteiger partial charge in [0.25, 0.3) is 5.91 Å². The van der Waals surface area contributed by atoms with Crippen molar-refractivity contribution in [3.8, 4) is 11.6 Å². The number of likely N-dealkylation sites (tertiary alicyclic amines) is 1. The van der Waals surface area contributed by atoms with Crippen LogP contribution in [0.15, 0.2) is 36.4 Å². The highest BCUT2D eigenvalue weighted by Crippen LogP contribution is 2.42. The molecular formula is C26H31F3N2O6. The third-order valence-electron chi connectivity index (χ3n) is 6.28. The number of carbonyl (C=O) groups is 1. The number of amides is 1. The summed E-state index contributed by atoms with van der Waals surface area (Å²) in [6.45, 7) is 6.39. The number of benzene rings is 1. The van der Waals surface area contributed by atoms with Crippen molar-refractivity contribution >= 4 is 5.91 Å². The number of nitrogens with zero attached hydrogens (tertiary/aromatic N) is 2. The third-order valence-corrected chi connectivity index (χ3v) is 6.28. The van der Waals surface area contributed by atoms with Crippen LogP contribution in [0.1, 0.15) is 41.9 Å². The van der Waals surface area contributed by atoms with Crippen molar-refractivity contribution in [1.29, 1.82) is 0 Å². The number of alkyl halides is 3. The fourth-order valence-corrected chi connectivity index (χ4v) is 4.45. The second-order valence-corrected chi connectivity index (χ2v) is 9.50. The Morgan fingerprint density at radius 3 is 2.76 bits per heavy atom. The van der Waals surface area contributed by atoms with Crippen molar-refractivity contribution in [2.24, 2.45) is 5.92 Å². The summed E-state index contributed by atoms with van der Waals surface area (Å²) in [7, 11) is 0. The standard InChI is InChI=1S/C26H31F3N2O6/c1-17(2)15-34-23-6-4-5-21(30-23)25-9-10-31(14-22(25)35-16-37-25)24(32)19-7-8-20(18(3)13-19)33-11-12-36-26(27,28)29/h4-8,13,17,22H,9-12,14-16H2,1-3H3. The lowest BCUT2D eigenvalue weighted by Gasteiger charge is -2.41. The van der Waals surface area contributed by atoms with E-state index < -0.39 is 24.7 Å². The van der Waals surface area contributed by atoms with Gasteiger partial charge >= 0.3 is 6.36 Å². The molecule has 0 spiro atoms. The van der Waals surface area contributed by atoms with Gasteiger partial charge < -0.3 is 23.8 Å². The number of piperidine rings is 1. The number of ether oxygens (including phenoxy) is 5. The molecule has 2 unspecified atom stereocenters. The van der Waals surface area contributed by atoms with Crippen LogP contribution < -0.4 is 9.47 Å². The summed E-state index contributed by atoms with van der Waals surface area (Å²) in [6.07, 6.45) is -4.59. The van der Waals surface area contributed by atoms with Gasteiger partial charge in [-0.1, -0.05) is 19.9 Å². The minimum absolute atomic E-state index is 0.106. The Hall–Kier alpha value is -2.89. The van der Waals surface area contributed by atoms with Crippen LogP contribution in [0, 0.1) is 12.8 Å². The van der Waals surface area contributed by atoms with Crippen molar-refractivity contribution in [2.75, 3.05) is 39.7 Å². The number of hydrogen-bond donors (Lipinski definition) is 0. The molecule has 4 rings (SSSR count). The van der Waals surface area contributed by atoms with E-state index in [1.54, 1.807) is 30.0 Å². The maximum absolute atomic E-state index is 13.3. The lowest BCUT2D eigenvalue weighted by Crippen LogP contribution is -2.53. The average molecular weight is 525 g/mol. The van der Waals surface area contributed by atoms with Gasteiger partial charge in [0.05, 0.1) is 25.5 Å². The summed E-state index contributed by atoms with van der Waals surface area (Å²) in [4.78, 5) is 19.7. The zero-order chi connectivity index (χ0) is 26.6. The molecule has 0 N–H and O–H groups in total. The van der Waals surface area contributed by atoms with Crippen LogP contribution in [0.5, 0.6) is 11.6 Å². The molecule has 2 aliphatic rings. The van der Waals surface area contributed by atoms with E-state index in [2.05, 4.69) is 23.6 Å². The molecule has 8 nitrogen and oxygen atoms in total. The number of hydrogen-bond acceptors (Lipinski definition) is 7. The summed E-state index contributed by atoms with van der Waals surface area (Å²) in [5, 5.41) is 0. The Kier molecular flexibility index (Phi) is 8.25. The number of carbonyl (C=O) groups excluding carboxylic acids is 1. The molecule has 37 heavy (non-hydrogen) atoms.